The maximum Gasteiger partial charge on any atom is 0.303 e. The van der Waals surface area contributed by atoms with Crippen molar-refractivity contribution in [2.75, 3.05) is 20.3 Å². The molecular formula is C49H55NO17. The Labute approximate surface area is 387 Å². The zero-order valence-electron chi connectivity index (χ0n) is 37.6. The van der Waals surface area contributed by atoms with Gasteiger partial charge in [-0.05, 0) is 35.4 Å². The van der Waals surface area contributed by atoms with Gasteiger partial charge < -0.3 is 62.3 Å². The van der Waals surface area contributed by atoms with Crippen LogP contribution in [0.15, 0.2) is 109 Å². The van der Waals surface area contributed by atoms with Gasteiger partial charge in [0.05, 0.1) is 26.9 Å². The quantitative estimate of drug-likeness (QED) is 0.104. The topological polar surface area (TPSA) is 214 Å². The third kappa shape index (κ3) is 12.1. The normalized spacial score (nSPS) is 28.1. The molecule has 0 aliphatic carbocycles. The number of aliphatic hydroxyl groups is 2. The summed E-state index contributed by atoms with van der Waals surface area (Å²) in [6, 6.07) is 31.0. The van der Waals surface area contributed by atoms with E-state index in [1.54, 1.807) is 48.5 Å². The van der Waals surface area contributed by atoms with Gasteiger partial charge in [0, 0.05) is 38.8 Å². The van der Waals surface area contributed by atoms with E-state index in [0.29, 0.717) is 22.6 Å². The smallest absolute Gasteiger partial charge is 0.303 e. The summed E-state index contributed by atoms with van der Waals surface area (Å²) in [5.74, 6) is -2.29. The molecule has 7 rings (SSSR count). The van der Waals surface area contributed by atoms with Crippen LogP contribution in [0, 0.1) is 0 Å². The number of hydrogen-bond acceptors (Lipinski definition) is 18. The number of fused-ring (bicyclic) bond motifs is 1. The van der Waals surface area contributed by atoms with Crippen LogP contribution in [0.2, 0.25) is 0 Å². The molecule has 0 bridgehead atoms. The van der Waals surface area contributed by atoms with Crippen LogP contribution >= 0.6 is 0 Å². The van der Waals surface area contributed by atoms with Crippen LogP contribution in [0.25, 0.3) is 0 Å². The molecule has 0 amide bonds. The average molecular weight is 930 g/mol. The maximum absolute atomic E-state index is 12.9. The molecule has 12 atom stereocenters. The fraction of sp³-hybridized carbons (Fsp3) is 0.429. The number of hydrogen-bond donors (Lipinski definition) is 2. The number of carbonyl (C=O) groups is 4. The number of benzene rings is 4. The first kappa shape index (κ1) is 49.0. The van der Waals surface area contributed by atoms with Gasteiger partial charge in [-0.1, -0.05) is 84.9 Å². The number of nitrogens with zero attached hydrogens (tertiary/aromatic N) is 1. The van der Waals surface area contributed by atoms with Crippen molar-refractivity contribution < 1.29 is 81.5 Å². The molecular weight excluding hydrogens is 875 g/mol. The van der Waals surface area contributed by atoms with E-state index < -0.39 is 104 Å². The van der Waals surface area contributed by atoms with E-state index in [2.05, 4.69) is 0 Å². The van der Waals surface area contributed by atoms with E-state index in [4.69, 9.17) is 52.1 Å². The van der Waals surface area contributed by atoms with Crippen LogP contribution in [0.5, 0.6) is 11.5 Å². The van der Waals surface area contributed by atoms with Gasteiger partial charge in [-0.3, -0.25) is 19.2 Å². The molecule has 3 heterocycles. The Morgan fingerprint density at radius 2 is 1.06 bits per heavy atom. The van der Waals surface area contributed by atoms with Gasteiger partial charge in [-0.15, -0.1) is 0 Å². The molecule has 2 N–H and O–H groups in total. The van der Waals surface area contributed by atoms with Crippen molar-refractivity contribution in [3.05, 3.63) is 131 Å². The van der Waals surface area contributed by atoms with Gasteiger partial charge in [0.15, 0.2) is 24.6 Å². The van der Waals surface area contributed by atoms with Gasteiger partial charge in [0.25, 0.3) is 0 Å². The van der Waals surface area contributed by atoms with Crippen LogP contribution in [-0.2, 0) is 75.0 Å². The Morgan fingerprint density at radius 3 is 1.63 bits per heavy atom. The second-order valence-electron chi connectivity index (χ2n) is 16.1. The third-order valence-corrected chi connectivity index (χ3v) is 11.3. The minimum absolute atomic E-state index is 0.0414. The molecule has 2 fully saturated rings. The molecule has 4 aromatic carbocycles. The first-order chi connectivity index (χ1) is 32.3. The molecule has 0 saturated carbocycles. The zero-order chi connectivity index (χ0) is 47.6. The van der Waals surface area contributed by atoms with E-state index >= 15 is 0 Å². The largest absolute Gasteiger partial charge is 0.497 e. The Balaban J connectivity index is 1.37. The van der Waals surface area contributed by atoms with Gasteiger partial charge in [-0.2, -0.15) is 0 Å². The molecule has 358 valence electrons. The highest BCUT2D eigenvalue weighted by atomic mass is 16.8. The van der Waals surface area contributed by atoms with Crippen LogP contribution in [-0.4, -0.2) is 121 Å². The van der Waals surface area contributed by atoms with Crippen LogP contribution < -0.4 is 9.47 Å². The van der Waals surface area contributed by atoms with Gasteiger partial charge in [0.2, 0.25) is 6.29 Å². The summed E-state index contributed by atoms with van der Waals surface area (Å²) in [7, 11) is 1.53. The Kier molecular flexibility index (Phi) is 16.6. The van der Waals surface area contributed by atoms with E-state index in [1.165, 1.54) is 18.9 Å². The number of ether oxygens (including phenoxy) is 11. The van der Waals surface area contributed by atoms with Crippen LogP contribution in [0.3, 0.4) is 0 Å². The molecule has 0 radical (unpaired) electrons. The lowest BCUT2D eigenvalue weighted by atomic mass is 9.93. The maximum atomic E-state index is 12.9. The molecule has 3 aliphatic rings. The van der Waals surface area contributed by atoms with Crippen molar-refractivity contribution in [1.29, 1.82) is 0 Å². The number of rotatable bonds is 18. The number of esters is 4. The highest BCUT2D eigenvalue weighted by Crippen LogP contribution is 2.46. The van der Waals surface area contributed by atoms with Crippen LogP contribution in [0.1, 0.15) is 62.4 Å². The van der Waals surface area contributed by atoms with Gasteiger partial charge >= 0.3 is 23.9 Å². The van der Waals surface area contributed by atoms with E-state index in [9.17, 15) is 29.4 Å². The van der Waals surface area contributed by atoms with Crippen molar-refractivity contribution in [3.63, 3.8) is 0 Å². The minimum Gasteiger partial charge on any atom is -0.497 e. The summed E-state index contributed by atoms with van der Waals surface area (Å²) in [6.45, 7) is 3.92. The molecule has 18 heteroatoms. The molecule has 0 aromatic heterocycles. The SMILES string of the molecule is COc1ccc(O[C@@H]2O[C@H](COCc3ccccc3)[C@@H](O[C@@H]3O[C@H](COC(C)=O)[C@H](OC(C)=O)[C@H](OC(C)=O)[C@H]3OC(C)=O)[C@H](OCc3ccccc3)[C@H]2N2C(O)c3ccccc3C2O)cc1. The second-order valence-corrected chi connectivity index (χ2v) is 16.1. The first-order valence-corrected chi connectivity index (χ1v) is 21.7. The summed E-state index contributed by atoms with van der Waals surface area (Å²) >= 11 is 0. The Bertz CT molecular complexity index is 2240. The van der Waals surface area contributed by atoms with Crippen molar-refractivity contribution in [2.45, 2.75) is 115 Å². The predicted octanol–water partition coefficient (Wildman–Crippen LogP) is 4.44. The number of aliphatic hydroxyl groups excluding tert-OH is 2. The first-order valence-electron chi connectivity index (χ1n) is 21.7. The summed E-state index contributed by atoms with van der Waals surface area (Å²) in [5.41, 5.74) is 2.43. The fourth-order valence-corrected chi connectivity index (χ4v) is 8.43. The number of methoxy groups -OCH3 is 1. The molecule has 3 aliphatic heterocycles. The Morgan fingerprint density at radius 1 is 0.552 bits per heavy atom. The molecule has 4 aromatic rings. The lowest BCUT2D eigenvalue weighted by molar-refractivity contribution is -0.359. The molecule has 0 spiro atoms. The van der Waals surface area contributed by atoms with Gasteiger partial charge in [0.1, 0.15) is 61.0 Å². The van der Waals surface area contributed by atoms with Crippen molar-refractivity contribution in [1.82, 2.24) is 4.90 Å². The summed E-state index contributed by atoms with van der Waals surface area (Å²) in [5, 5.41) is 24.3. The van der Waals surface area contributed by atoms with Crippen molar-refractivity contribution in [3.8, 4) is 11.5 Å². The molecule has 18 nitrogen and oxygen atoms in total. The lowest BCUT2D eigenvalue weighted by Gasteiger charge is -2.52. The third-order valence-electron chi connectivity index (χ3n) is 11.3. The summed E-state index contributed by atoms with van der Waals surface area (Å²) in [4.78, 5) is 51.8. The molecule has 2 unspecified atom stereocenters. The highest BCUT2D eigenvalue weighted by molar-refractivity contribution is 5.68. The average Bonchev–Trinajstić information content (AvgIpc) is 3.56. The molecule has 2 saturated heterocycles. The Hall–Kier alpha value is -5.96. The molecule has 67 heavy (non-hydrogen) atoms. The van der Waals surface area contributed by atoms with Crippen molar-refractivity contribution >= 4 is 23.9 Å². The van der Waals surface area contributed by atoms with Crippen molar-refractivity contribution in [2.24, 2.45) is 0 Å². The standard InChI is InChI=1S/C49H55NO17/c1-28(51)59-27-39-42(61-29(2)52)44(62-30(3)53)45(63-31(4)54)49(66-39)67-41-38(26-58-24-32-14-8-6-9-15-32)65-48(64-35-22-20-34(57-5)21-23-35)40(43(41)60-25-33-16-10-7-11-17-33)50-46(55)36-18-12-13-19-37(36)47(50)56/h6-23,38-49,55-56H,24-27H2,1-5H3/t38-,39-,40-,41-,42+,43-,44+,45-,46?,47?,48-,49+/m1/s1. The van der Waals surface area contributed by atoms with E-state index in [-0.39, 0.29) is 19.8 Å². The van der Waals surface area contributed by atoms with E-state index in [0.717, 1.165) is 31.9 Å². The van der Waals surface area contributed by atoms with Gasteiger partial charge in [-0.25, -0.2) is 4.90 Å². The summed E-state index contributed by atoms with van der Waals surface area (Å²) < 4.78 is 68.1. The highest BCUT2D eigenvalue weighted by Gasteiger charge is 2.59. The lowest BCUT2D eigenvalue weighted by Crippen LogP contribution is -2.69. The predicted molar refractivity (Wildman–Crippen MR) is 232 cm³/mol. The number of carbonyl (C=O) groups excluding carboxylic acids is 4. The summed E-state index contributed by atoms with van der Waals surface area (Å²) in [6.07, 6.45) is -15.6. The zero-order valence-corrected chi connectivity index (χ0v) is 37.6. The van der Waals surface area contributed by atoms with Crippen LogP contribution in [0.4, 0.5) is 0 Å². The second kappa shape index (κ2) is 22.7. The monoisotopic (exact) mass is 929 g/mol. The minimum atomic E-state index is -1.70. The van der Waals surface area contributed by atoms with E-state index in [1.807, 2.05) is 60.7 Å². The fourth-order valence-electron chi connectivity index (χ4n) is 8.43.